The van der Waals surface area contributed by atoms with Gasteiger partial charge in [0.05, 0.1) is 22.1 Å². The average Bonchev–Trinajstić information content (AvgIpc) is 3.75. The number of hydrogen-bond donors (Lipinski definition) is 0. The molecule has 11 rings (SSSR count). The molecule has 0 atom stereocenters. The van der Waals surface area contributed by atoms with Crippen molar-refractivity contribution < 1.29 is 0 Å². The van der Waals surface area contributed by atoms with E-state index in [-0.39, 0.29) is 17.5 Å². The summed E-state index contributed by atoms with van der Waals surface area (Å²) >= 11 is 0. The van der Waals surface area contributed by atoms with E-state index in [1.165, 1.54) is 88.6 Å². The molecule has 0 unspecified atom stereocenters. The average molecular weight is 751 g/mol. The van der Waals surface area contributed by atoms with Gasteiger partial charge in [0.15, 0.2) is 0 Å². The Labute approximate surface area is 341 Å². The number of para-hydroxylation sites is 2. The number of rotatable bonds is 3. The molecule has 0 aliphatic carbocycles. The van der Waals surface area contributed by atoms with Gasteiger partial charge in [-0.25, -0.2) is 4.98 Å². The Kier molecular flexibility index (Phi) is 7.28. The summed E-state index contributed by atoms with van der Waals surface area (Å²) in [6.45, 7) is 18.3. The van der Waals surface area contributed by atoms with E-state index in [0.29, 0.717) is 0 Å². The van der Waals surface area contributed by atoms with E-state index >= 15 is 0 Å². The molecule has 0 fully saturated rings. The monoisotopic (exact) mass is 750 g/mol. The first-order valence-corrected chi connectivity index (χ1v) is 20.7. The zero-order chi connectivity index (χ0) is 39.8. The molecule has 0 saturated carbocycles. The maximum absolute atomic E-state index is 5.68. The summed E-state index contributed by atoms with van der Waals surface area (Å²) < 4.78 is 4.95. The van der Waals surface area contributed by atoms with Crippen LogP contribution in [0.15, 0.2) is 140 Å². The maximum atomic E-state index is 5.68. The summed E-state index contributed by atoms with van der Waals surface area (Å²) in [5.41, 5.74) is 20.8. The highest BCUT2D eigenvalue weighted by Gasteiger charge is 2.43. The smallest absolute Gasteiger partial charge is 0.252 e. The summed E-state index contributed by atoms with van der Waals surface area (Å²) in [6.07, 6.45) is 0. The summed E-state index contributed by atoms with van der Waals surface area (Å²) in [6, 6.07) is 52.4. The zero-order valence-corrected chi connectivity index (χ0v) is 34.6. The third-order valence-corrected chi connectivity index (χ3v) is 12.9. The first kappa shape index (κ1) is 34.9. The fraction of sp³-hybridized carbons (Fsp3) is 0.189. The molecule has 58 heavy (non-hydrogen) atoms. The van der Waals surface area contributed by atoms with Crippen LogP contribution < -0.4 is 21.3 Å². The highest BCUT2D eigenvalue weighted by molar-refractivity contribution is 7.00. The van der Waals surface area contributed by atoms with Gasteiger partial charge in [-0.2, -0.15) is 0 Å². The molecular weight excluding hydrogens is 703 g/mol. The lowest BCUT2D eigenvalue weighted by Gasteiger charge is -2.40. The maximum Gasteiger partial charge on any atom is 0.252 e. The van der Waals surface area contributed by atoms with Gasteiger partial charge in [0.1, 0.15) is 5.82 Å². The number of imidazole rings is 1. The topological polar surface area (TPSA) is 26.0 Å². The highest BCUT2D eigenvalue weighted by Crippen LogP contribution is 2.44. The van der Waals surface area contributed by atoms with Gasteiger partial charge in [-0.05, 0) is 112 Å². The van der Waals surface area contributed by atoms with Crippen LogP contribution in [0.2, 0.25) is 0 Å². The Morgan fingerprint density at radius 2 is 1.12 bits per heavy atom. The fourth-order valence-corrected chi connectivity index (χ4v) is 10.1. The first-order chi connectivity index (χ1) is 27.9. The Morgan fingerprint density at radius 3 is 1.78 bits per heavy atom. The minimum Gasteiger partial charge on any atom is -0.311 e. The number of aryl methyl sites for hydroxylation is 2. The minimum atomic E-state index is -0.0877. The lowest BCUT2D eigenvalue weighted by atomic mass is 9.33. The van der Waals surface area contributed by atoms with Crippen molar-refractivity contribution in [2.24, 2.45) is 0 Å². The minimum absolute atomic E-state index is 0.0186. The first-order valence-electron chi connectivity index (χ1n) is 20.7. The number of hydrogen-bond acceptors (Lipinski definition) is 2. The molecule has 2 aromatic heterocycles. The van der Waals surface area contributed by atoms with E-state index in [0.717, 1.165) is 22.7 Å². The van der Waals surface area contributed by atoms with Gasteiger partial charge >= 0.3 is 0 Å². The van der Waals surface area contributed by atoms with Crippen molar-refractivity contribution in [3.8, 4) is 22.8 Å². The molecule has 0 spiro atoms. The van der Waals surface area contributed by atoms with Crippen molar-refractivity contribution >= 4 is 73.0 Å². The molecule has 0 radical (unpaired) electrons. The number of nitrogens with zero attached hydrogens (tertiary/aromatic N) is 4. The van der Waals surface area contributed by atoms with Crippen molar-refractivity contribution in [3.05, 3.63) is 162 Å². The van der Waals surface area contributed by atoms with E-state index in [9.17, 15) is 0 Å². The van der Waals surface area contributed by atoms with Crippen molar-refractivity contribution in [1.29, 1.82) is 0 Å². The van der Waals surface area contributed by atoms with E-state index < -0.39 is 0 Å². The van der Waals surface area contributed by atoms with Crippen molar-refractivity contribution in [1.82, 2.24) is 14.1 Å². The van der Waals surface area contributed by atoms with Crippen LogP contribution in [0.1, 0.15) is 63.8 Å². The molecule has 2 aliphatic heterocycles. The van der Waals surface area contributed by atoms with Crippen LogP contribution in [-0.2, 0) is 10.8 Å². The van der Waals surface area contributed by atoms with E-state index in [2.05, 4.69) is 209 Å². The van der Waals surface area contributed by atoms with Crippen LogP contribution in [0.3, 0.4) is 0 Å². The Morgan fingerprint density at radius 1 is 0.517 bits per heavy atom. The predicted octanol–water partition coefficient (Wildman–Crippen LogP) is 11.6. The van der Waals surface area contributed by atoms with E-state index in [4.69, 9.17) is 4.98 Å². The summed E-state index contributed by atoms with van der Waals surface area (Å²) in [5, 5.41) is 2.53. The molecule has 4 heterocycles. The van der Waals surface area contributed by atoms with Crippen LogP contribution in [0, 0.1) is 13.8 Å². The van der Waals surface area contributed by atoms with E-state index in [1.54, 1.807) is 0 Å². The lowest BCUT2D eigenvalue weighted by Crippen LogP contribution is -2.60. The summed E-state index contributed by atoms with van der Waals surface area (Å²) in [4.78, 5) is 8.20. The molecular formula is C53H47BN4. The van der Waals surface area contributed by atoms with Gasteiger partial charge in [-0.15, -0.1) is 0 Å². The number of anilines is 3. The number of fused-ring (bicyclic) bond motifs is 7. The molecule has 9 aromatic rings. The molecule has 2 aliphatic rings. The van der Waals surface area contributed by atoms with Crippen LogP contribution in [0.25, 0.3) is 55.6 Å². The molecule has 7 aromatic carbocycles. The van der Waals surface area contributed by atoms with Gasteiger partial charge < -0.3 is 9.47 Å². The van der Waals surface area contributed by atoms with Gasteiger partial charge in [0, 0.05) is 44.8 Å². The SMILES string of the molecule is Cc1cccc(C)c1-c1nc2c(C(C)(C)C)ccc3c2n1-c1cccc2c1B3c1ccc(-n3c4ccccc4c4ccccc43)cc1N2c1ccc(C(C)(C)C)cc1. The normalized spacial score (nSPS) is 13.4. The van der Waals surface area contributed by atoms with Crippen LogP contribution in [0.4, 0.5) is 17.1 Å². The number of benzene rings is 7. The lowest BCUT2D eigenvalue weighted by molar-refractivity contribution is 0.590. The molecule has 4 nitrogen and oxygen atoms in total. The standard InChI is InChI=1S/C53H47BN4/c1-32-15-13-16-33(2)47(32)51-55-49-39(53(6,7)8)28-30-41-50(49)58(51)45-22-14-21-44-48(45)54(41)40-29-27-36(31-46(40)56(44)35-25-23-34(24-26-35)52(3,4)5)57-42-19-11-9-17-37(42)38-18-10-12-20-43(38)57/h9-31H,1-8H3. The van der Waals surface area contributed by atoms with Gasteiger partial charge in [0.2, 0.25) is 0 Å². The zero-order valence-electron chi connectivity index (χ0n) is 34.6. The molecule has 5 heteroatoms. The van der Waals surface area contributed by atoms with Crippen molar-refractivity contribution in [2.45, 2.75) is 66.2 Å². The summed E-state index contributed by atoms with van der Waals surface area (Å²) in [7, 11) is 0. The molecule has 0 saturated heterocycles. The quantitative estimate of drug-likeness (QED) is 0.168. The van der Waals surface area contributed by atoms with Gasteiger partial charge in [-0.1, -0.05) is 133 Å². The predicted molar refractivity (Wildman–Crippen MR) is 247 cm³/mol. The van der Waals surface area contributed by atoms with Gasteiger partial charge in [-0.3, -0.25) is 4.57 Å². The largest absolute Gasteiger partial charge is 0.311 e. The Bertz CT molecular complexity index is 3090. The van der Waals surface area contributed by atoms with E-state index in [1.807, 2.05) is 0 Å². The second-order valence-corrected chi connectivity index (χ2v) is 18.6. The fourth-order valence-electron chi connectivity index (χ4n) is 10.1. The third-order valence-electron chi connectivity index (χ3n) is 12.9. The van der Waals surface area contributed by atoms with Crippen molar-refractivity contribution in [3.63, 3.8) is 0 Å². The Balaban J connectivity index is 1.25. The number of aromatic nitrogens is 3. The third kappa shape index (κ3) is 4.86. The van der Waals surface area contributed by atoms with Crippen LogP contribution >= 0.6 is 0 Å². The second kappa shape index (κ2) is 12.1. The van der Waals surface area contributed by atoms with Crippen LogP contribution in [-0.4, -0.2) is 20.8 Å². The molecule has 0 amide bonds. The molecule has 0 N–H and O–H groups in total. The van der Waals surface area contributed by atoms with Gasteiger partial charge in [0.25, 0.3) is 6.71 Å². The van der Waals surface area contributed by atoms with Crippen LogP contribution in [0.5, 0.6) is 0 Å². The summed E-state index contributed by atoms with van der Waals surface area (Å²) in [5.74, 6) is 1.02. The Hall–Kier alpha value is -6.33. The molecule has 282 valence electrons. The highest BCUT2D eigenvalue weighted by atomic mass is 15.2. The molecule has 0 bridgehead atoms. The van der Waals surface area contributed by atoms with Crippen molar-refractivity contribution in [2.75, 3.05) is 4.90 Å². The second-order valence-electron chi connectivity index (χ2n) is 18.6.